The molecule has 0 spiro atoms. The molecule has 13 heteroatoms. The summed E-state index contributed by atoms with van der Waals surface area (Å²) in [5.74, 6) is -0.789. The normalized spacial score (nSPS) is 25.2. The van der Waals surface area contributed by atoms with Crippen LogP contribution in [0, 0.1) is 12.8 Å². The van der Waals surface area contributed by atoms with Crippen molar-refractivity contribution >= 4 is 33.2 Å². The average Bonchev–Trinajstić information content (AvgIpc) is 3.41. The lowest BCUT2D eigenvalue weighted by Gasteiger charge is -2.26. The molecular weight excluding hydrogens is 532 g/mol. The summed E-state index contributed by atoms with van der Waals surface area (Å²) in [4.78, 5) is 23.3. The van der Waals surface area contributed by atoms with E-state index in [1.165, 1.54) is 29.4 Å². The number of aryl methyl sites for hydroxylation is 1. The lowest BCUT2D eigenvalue weighted by molar-refractivity contribution is 0.00778. The minimum Gasteiger partial charge on any atom is -0.390 e. The highest BCUT2D eigenvalue weighted by Crippen LogP contribution is 2.38. The van der Waals surface area contributed by atoms with Crippen molar-refractivity contribution in [3.63, 3.8) is 0 Å². The number of aliphatic hydroxyl groups is 2. The maximum Gasteiger partial charge on any atom is 0.333 e. The van der Waals surface area contributed by atoms with E-state index in [-0.39, 0.29) is 36.3 Å². The van der Waals surface area contributed by atoms with E-state index in [0.717, 1.165) is 22.4 Å². The summed E-state index contributed by atoms with van der Waals surface area (Å²) < 4.78 is 33.0. The summed E-state index contributed by atoms with van der Waals surface area (Å²) in [7, 11) is -4.19. The average molecular weight is 561 g/mol. The molecule has 2 aliphatic rings. The van der Waals surface area contributed by atoms with Gasteiger partial charge >= 0.3 is 10.3 Å². The van der Waals surface area contributed by atoms with Gasteiger partial charge in [0, 0.05) is 17.0 Å². The monoisotopic (exact) mass is 560 g/mol. The lowest BCUT2D eigenvalue weighted by Crippen LogP contribution is -2.36. The number of ether oxygens (including phenoxy) is 1. The third kappa shape index (κ3) is 5.50. The molecule has 0 saturated heterocycles. The van der Waals surface area contributed by atoms with Crippen molar-refractivity contribution in [3.8, 4) is 0 Å². The number of anilines is 1. The predicted molar refractivity (Wildman–Crippen MR) is 139 cm³/mol. The molecule has 5 rings (SSSR count). The maximum atomic E-state index is 13.6. The standard InChI is InChI=1S/C25H28N4O7S2/c1-13-17(24-16-5-3-2-4-14(16)6-7-35-24)9-20(37-13)22(31)18-10-27-12-28-25(18)29-19-8-15(21(30)23(19)32)11-36-38(26,33)34/h2-5,9-10,12,15,19,21,23-24,30,32H,6-8,11H2,1H3,(H2,26,33,34)(H,27,28,29)/t15-,19-,21-,23+,24+/m1/s1. The van der Waals surface area contributed by atoms with Crippen molar-refractivity contribution in [1.29, 1.82) is 0 Å². The van der Waals surface area contributed by atoms with Crippen LogP contribution in [0.25, 0.3) is 0 Å². The van der Waals surface area contributed by atoms with Crippen LogP contribution < -0.4 is 10.5 Å². The lowest BCUT2D eigenvalue weighted by atomic mass is 9.93. The molecule has 202 valence electrons. The van der Waals surface area contributed by atoms with Gasteiger partial charge in [-0.2, -0.15) is 8.42 Å². The molecule has 0 radical (unpaired) electrons. The van der Waals surface area contributed by atoms with E-state index in [1.807, 2.05) is 31.2 Å². The van der Waals surface area contributed by atoms with Gasteiger partial charge in [-0.25, -0.2) is 15.1 Å². The van der Waals surface area contributed by atoms with E-state index in [1.54, 1.807) is 0 Å². The largest absolute Gasteiger partial charge is 0.390 e. The molecule has 5 N–H and O–H groups in total. The minimum absolute atomic E-state index is 0.163. The molecule has 0 bridgehead atoms. The summed E-state index contributed by atoms with van der Waals surface area (Å²) in [5.41, 5.74) is 3.47. The van der Waals surface area contributed by atoms with Crippen LogP contribution >= 0.6 is 11.3 Å². The maximum absolute atomic E-state index is 13.6. The Hall–Kier alpha value is -2.78. The molecule has 0 unspecified atom stereocenters. The molecule has 11 nitrogen and oxygen atoms in total. The first-order valence-electron chi connectivity index (χ1n) is 12.1. The van der Waals surface area contributed by atoms with Crippen molar-refractivity contribution in [1.82, 2.24) is 9.97 Å². The number of carbonyl (C=O) groups is 1. The molecule has 5 atom stereocenters. The van der Waals surface area contributed by atoms with Gasteiger partial charge in [-0.15, -0.1) is 11.3 Å². The van der Waals surface area contributed by atoms with Crippen LogP contribution in [0.5, 0.6) is 0 Å². The second kappa shape index (κ2) is 10.8. The summed E-state index contributed by atoms with van der Waals surface area (Å²) in [6.45, 7) is 2.17. The molecular formula is C25H28N4O7S2. The fourth-order valence-electron chi connectivity index (χ4n) is 5.05. The Balaban J connectivity index is 1.36. The molecule has 38 heavy (non-hydrogen) atoms. The van der Waals surface area contributed by atoms with Crippen molar-refractivity contribution in [2.75, 3.05) is 18.5 Å². The van der Waals surface area contributed by atoms with Crippen LogP contribution in [0.3, 0.4) is 0 Å². The third-order valence-corrected chi connectivity index (χ3v) is 8.51. The number of thiophene rings is 1. The van der Waals surface area contributed by atoms with E-state index in [4.69, 9.17) is 9.88 Å². The van der Waals surface area contributed by atoms with Crippen LogP contribution in [-0.2, 0) is 25.6 Å². The summed E-state index contributed by atoms with van der Waals surface area (Å²) in [6.07, 6.45) is 0.922. The topological polar surface area (TPSA) is 174 Å². The van der Waals surface area contributed by atoms with Crippen LogP contribution in [-0.4, -0.2) is 65.8 Å². The Morgan fingerprint density at radius 1 is 1.26 bits per heavy atom. The number of rotatable bonds is 8. The highest BCUT2D eigenvalue weighted by atomic mass is 32.2. The third-order valence-electron chi connectivity index (χ3n) is 6.98. The Morgan fingerprint density at radius 2 is 2.05 bits per heavy atom. The second-order valence-corrected chi connectivity index (χ2v) is 11.9. The van der Waals surface area contributed by atoms with Gasteiger partial charge in [0.1, 0.15) is 24.4 Å². The van der Waals surface area contributed by atoms with Crippen molar-refractivity contribution < 1.29 is 32.3 Å². The van der Waals surface area contributed by atoms with Gasteiger partial charge in [0.2, 0.25) is 5.78 Å². The summed E-state index contributed by atoms with van der Waals surface area (Å²) in [5, 5.41) is 28.8. The molecule has 2 aromatic heterocycles. The zero-order valence-electron chi connectivity index (χ0n) is 20.5. The van der Waals surface area contributed by atoms with Gasteiger partial charge in [-0.1, -0.05) is 24.3 Å². The van der Waals surface area contributed by atoms with Gasteiger partial charge < -0.3 is 20.3 Å². The van der Waals surface area contributed by atoms with E-state index in [9.17, 15) is 23.4 Å². The SMILES string of the molecule is Cc1sc(C(=O)c2cncnc2N[C@@H]2C[C@H](COS(N)(=O)=O)[C@@H](O)[C@H]2O)cc1[C@H]1OCCc2ccccc21. The van der Waals surface area contributed by atoms with Gasteiger partial charge in [-0.3, -0.25) is 8.98 Å². The molecule has 0 amide bonds. The van der Waals surface area contributed by atoms with E-state index < -0.39 is 34.5 Å². The predicted octanol–water partition coefficient (Wildman–Crippen LogP) is 1.48. The fourth-order valence-corrected chi connectivity index (χ4v) is 6.42. The molecule has 1 aliphatic heterocycles. The number of nitrogens with zero attached hydrogens (tertiary/aromatic N) is 2. The van der Waals surface area contributed by atoms with Crippen molar-refractivity contribution in [3.05, 3.63) is 74.9 Å². The number of aromatic nitrogens is 2. The van der Waals surface area contributed by atoms with Crippen LogP contribution in [0.1, 0.15) is 49.3 Å². The number of fused-ring (bicyclic) bond motifs is 1. The number of hydrogen-bond acceptors (Lipinski definition) is 11. The highest BCUT2D eigenvalue weighted by molar-refractivity contribution is 7.84. The van der Waals surface area contributed by atoms with Gasteiger partial charge in [-0.05, 0) is 42.5 Å². The Morgan fingerprint density at radius 3 is 2.84 bits per heavy atom. The van der Waals surface area contributed by atoms with E-state index in [2.05, 4.69) is 25.5 Å². The molecule has 1 saturated carbocycles. The van der Waals surface area contributed by atoms with Crippen molar-refractivity contribution in [2.24, 2.45) is 11.1 Å². The number of hydrogen-bond donors (Lipinski definition) is 4. The number of carbonyl (C=O) groups excluding carboxylic acids is 1. The smallest absolute Gasteiger partial charge is 0.333 e. The second-order valence-electron chi connectivity index (χ2n) is 9.44. The molecule has 1 aliphatic carbocycles. The Kier molecular flexibility index (Phi) is 7.60. The number of nitrogens with two attached hydrogens (primary N) is 1. The fraction of sp³-hybridized carbons (Fsp3) is 0.400. The number of aliphatic hydroxyl groups excluding tert-OH is 2. The molecule has 1 aromatic carbocycles. The zero-order chi connectivity index (χ0) is 27.0. The van der Waals surface area contributed by atoms with Gasteiger partial charge in [0.05, 0.1) is 35.8 Å². The first-order chi connectivity index (χ1) is 18.1. The highest BCUT2D eigenvalue weighted by Gasteiger charge is 2.42. The number of nitrogens with one attached hydrogen (secondary N) is 1. The summed E-state index contributed by atoms with van der Waals surface area (Å²) in [6, 6.07) is 9.27. The van der Waals surface area contributed by atoms with Crippen LogP contribution in [0.2, 0.25) is 0 Å². The summed E-state index contributed by atoms with van der Waals surface area (Å²) >= 11 is 1.36. The minimum atomic E-state index is -4.19. The molecule has 3 heterocycles. The Labute approximate surface area is 223 Å². The number of benzene rings is 1. The quantitative estimate of drug-likeness (QED) is 0.296. The molecule has 3 aromatic rings. The van der Waals surface area contributed by atoms with Gasteiger partial charge in [0.25, 0.3) is 0 Å². The van der Waals surface area contributed by atoms with E-state index in [0.29, 0.717) is 11.5 Å². The zero-order valence-corrected chi connectivity index (χ0v) is 22.1. The number of ketones is 1. The van der Waals surface area contributed by atoms with Crippen molar-refractivity contribution in [2.45, 2.75) is 44.1 Å². The van der Waals surface area contributed by atoms with E-state index >= 15 is 0 Å². The first kappa shape index (κ1) is 26.8. The van der Waals surface area contributed by atoms with Crippen LogP contribution in [0.4, 0.5) is 5.82 Å². The first-order valence-corrected chi connectivity index (χ1v) is 14.4. The molecule has 1 fully saturated rings. The Bertz CT molecular complexity index is 1440. The van der Waals surface area contributed by atoms with Crippen LogP contribution in [0.15, 0.2) is 42.9 Å². The van der Waals surface area contributed by atoms with Gasteiger partial charge in [0.15, 0.2) is 0 Å².